The van der Waals surface area contributed by atoms with Crippen molar-refractivity contribution in [3.63, 3.8) is 0 Å². The predicted molar refractivity (Wildman–Crippen MR) is 73.3 cm³/mol. The van der Waals surface area contributed by atoms with Crippen LogP contribution in [0.1, 0.15) is 5.89 Å². The van der Waals surface area contributed by atoms with Gasteiger partial charge in [-0.05, 0) is 28.1 Å². The molecular formula is C10H11BrN2O2S2. The van der Waals surface area contributed by atoms with Gasteiger partial charge in [0.2, 0.25) is 11.7 Å². The molecule has 0 saturated carbocycles. The zero-order valence-electron chi connectivity index (χ0n) is 9.18. The first-order valence-corrected chi connectivity index (χ1v) is 7.71. The van der Waals surface area contributed by atoms with E-state index in [0.717, 1.165) is 26.8 Å². The van der Waals surface area contributed by atoms with E-state index in [1.54, 1.807) is 30.2 Å². The lowest BCUT2D eigenvalue weighted by Crippen LogP contribution is -1.92. The molecule has 2 aromatic heterocycles. The summed E-state index contributed by atoms with van der Waals surface area (Å²) in [5.74, 6) is 2.97. The maximum atomic E-state index is 5.18. The average molecular weight is 335 g/mol. The first-order chi connectivity index (χ1) is 8.29. The van der Waals surface area contributed by atoms with Gasteiger partial charge in [0.05, 0.1) is 21.0 Å². The maximum Gasteiger partial charge on any atom is 0.236 e. The van der Waals surface area contributed by atoms with Gasteiger partial charge >= 0.3 is 0 Å². The molecule has 0 bridgehead atoms. The standard InChI is InChI=1S/C10H11BrN2O2S2/c1-14-4-5-16-6-9-12-10(13-15-9)7-2-3-8(11)17-7/h2-3H,4-6H2,1H3. The molecule has 0 spiro atoms. The highest BCUT2D eigenvalue weighted by atomic mass is 79.9. The number of aromatic nitrogens is 2. The van der Waals surface area contributed by atoms with Crippen molar-refractivity contribution in [3.8, 4) is 10.7 Å². The predicted octanol–water partition coefficient (Wildman–Crippen LogP) is 3.44. The molecule has 0 aliphatic rings. The van der Waals surface area contributed by atoms with E-state index in [1.165, 1.54) is 0 Å². The minimum Gasteiger partial charge on any atom is -0.384 e. The van der Waals surface area contributed by atoms with Gasteiger partial charge in [-0.1, -0.05) is 5.16 Å². The van der Waals surface area contributed by atoms with Gasteiger partial charge in [-0.25, -0.2) is 0 Å². The minimum atomic E-state index is 0.656. The van der Waals surface area contributed by atoms with Crippen molar-refractivity contribution in [1.82, 2.24) is 10.1 Å². The summed E-state index contributed by atoms with van der Waals surface area (Å²) >= 11 is 6.72. The molecule has 7 heteroatoms. The van der Waals surface area contributed by atoms with Gasteiger partial charge in [-0.15, -0.1) is 23.1 Å². The van der Waals surface area contributed by atoms with E-state index in [9.17, 15) is 0 Å². The molecule has 0 atom stereocenters. The average Bonchev–Trinajstić information content (AvgIpc) is 2.93. The lowest BCUT2D eigenvalue weighted by Gasteiger charge is -1.95. The van der Waals surface area contributed by atoms with Gasteiger partial charge in [0.15, 0.2) is 0 Å². The number of nitrogens with zero attached hydrogens (tertiary/aromatic N) is 2. The zero-order valence-corrected chi connectivity index (χ0v) is 12.4. The molecule has 17 heavy (non-hydrogen) atoms. The Morgan fingerprint density at radius 1 is 1.53 bits per heavy atom. The molecule has 92 valence electrons. The smallest absolute Gasteiger partial charge is 0.236 e. The van der Waals surface area contributed by atoms with Crippen LogP contribution < -0.4 is 0 Å². The molecule has 0 saturated heterocycles. The Bertz CT molecular complexity index is 472. The molecule has 2 rings (SSSR count). The van der Waals surface area contributed by atoms with Crippen molar-refractivity contribution < 1.29 is 9.26 Å². The second-order valence-electron chi connectivity index (χ2n) is 3.16. The van der Waals surface area contributed by atoms with Crippen LogP contribution in [-0.4, -0.2) is 29.6 Å². The first-order valence-electron chi connectivity index (χ1n) is 4.94. The molecule has 0 aromatic carbocycles. The Morgan fingerprint density at radius 3 is 3.12 bits per heavy atom. The summed E-state index contributed by atoms with van der Waals surface area (Å²) in [6.07, 6.45) is 0. The summed E-state index contributed by atoms with van der Waals surface area (Å²) in [5.41, 5.74) is 0. The van der Waals surface area contributed by atoms with Crippen LogP contribution in [0.4, 0.5) is 0 Å². The Hall–Kier alpha value is -0.370. The third kappa shape index (κ3) is 3.80. The lowest BCUT2D eigenvalue weighted by atomic mass is 10.4. The molecule has 2 aromatic rings. The van der Waals surface area contributed by atoms with Gasteiger partial charge in [0, 0.05) is 12.9 Å². The summed E-state index contributed by atoms with van der Waals surface area (Å²) in [5, 5.41) is 3.96. The maximum absolute atomic E-state index is 5.18. The fourth-order valence-corrected chi connectivity index (χ4v) is 3.18. The molecule has 0 radical (unpaired) electrons. The van der Waals surface area contributed by atoms with E-state index in [0.29, 0.717) is 11.7 Å². The second kappa shape index (κ2) is 6.53. The van der Waals surface area contributed by atoms with Crippen molar-refractivity contribution in [2.75, 3.05) is 19.5 Å². The lowest BCUT2D eigenvalue weighted by molar-refractivity contribution is 0.218. The first kappa shape index (κ1) is 13.1. The van der Waals surface area contributed by atoms with Gasteiger partial charge in [0.1, 0.15) is 0 Å². The number of ether oxygens (including phenoxy) is 1. The van der Waals surface area contributed by atoms with Crippen LogP contribution in [0.2, 0.25) is 0 Å². The highest BCUT2D eigenvalue weighted by molar-refractivity contribution is 9.11. The Kier molecular flexibility index (Phi) is 5.02. The van der Waals surface area contributed by atoms with Crippen molar-refractivity contribution >= 4 is 39.0 Å². The molecule has 2 heterocycles. The topological polar surface area (TPSA) is 48.2 Å². The van der Waals surface area contributed by atoms with E-state index in [2.05, 4.69) is 26.1 Å². The summed E-state index contributed by atoms with van der Waals surface area (Å²) in [4.78, 5) is 5.35. The summed E-state index contributed by atoms with van der Waals surface area (Å²) in [6.45, 7) is 0.740. The van der Waals surface area contributed by atoms with Crippen LogP contribution in [0.5, 0.6) is 0 Å². The van der Waals surface area contributed by atoms with Gasteiger partial charge in [-0.2, -0.15) is 4.98 Å². The molecule has 0 amide bonds. The SMILES string of the molecule is COCCSCc1nc(-c2ccc(Br)s2)no1. The number of thioether (sulfide) groups is 1. The van der Waals surface area contributed by atoms with Crippen LogP contribution in [0.3, 0.4) is 0 Å². The van der Waals surface area contributed by atoms with E-state index in [-0.39, 0.29) is 0 Å². The highest BCUT2D eigenvalue weighted by Gasteiger charge is 2.10. The normalized spacial score (nSPS) is 10.9. The number of methoxy groups -OCH3 is 1. The monoisotopic (exact) mass is 334 g/mol. The Balaban J connectivity index is 1.92. The van der Waals surface area contributed by atoms with Gasteiger partial charge in [0.25, 0.3) is 0 Å². The van der Waals surface area contributed by atoms with E-state index in [1.807, 2.05) is 12.1 Å². The fraction of sp³-hybridized carbons (Fsp3) is 0.400. The third-order valence-corrected chi connectivity index (χ3v) is 4.45. The van der Waals surface area contributed by atoms with Crippen LogP contribution in [0.15, 0.2) is 20.4 Å². The van der Waals surface area contributed by atoms with Gasteiger partial charge in [-0.3, -0.25) is 0 Å². The Labute approximate surface area is 116 Å². The van der Waals surface area contributed by atoms with Crippen LogP contribution in [0.25, 0.3) is 10.7 Å². The summed E-state index contributed by atoms with van der Waals surface area (Å²) in [6, 6.07) is 3.95. The number of hydrogen-bond acceptors (Lipinski definition) is 6. The van der Waals surface area contributed by atoms with Crippen molar-refractivity contribution in [1.29, 1.82) is 0 Å². The Morgan fingerprint density at radius 2 is 2.41 bits per heavy atom. The largest absolute Gasteiger partial charge is 0.384 e. The fourth-order valence-electron chi connectivity index (χ4n) is 1.15. The van der Waals surface area contributed by atoms with Crippen LogP contribution >= 0.6 is 39.0 Å². The molecule has 0 aliphatic heterocycles. The number of thiophene rings is 1. The summed E-state index contributed by atoms with van der Waals surface area (Å²) in [7, 11) is 1.69. The van der Waals surface area contributed by atoms with Crippen molar-refractivity contribution in [2.45, 2.75) is 5.75 Å². The van der Waals surface area contributed by atoms with Crippen LogP contribution in [-0.2, 0) is 10.5 Å². The molecular weight excluding hydrogens is 324 g/mol. The molecule has 0 unspecified atom stereocenters. The molecule has 0 aliphatic carbocycles. The van der Waals surface area contributed by atoms with Crippen molar-refractivity contribution in [3.05, 3.63) is 21.8 Å². The minimum absolute atomic E-state index is 0.656. The van der Waals surface area contributed by atoms with Crippen molar-refractivity contribution in [2.24, 2.45) is 0 Å². The third-order valence-electron chi connectivity index (χ3n) is 1.92. The molecule has 0 N–H and O–H groups in total. The number of halogens is 1. The van der Waals surface area contributed by atoms with Crippen LogP contribution in [0, 0.1) is 0 Å². The quantitative estimate of drug-likeness (QED) is 0.757. The molecule has 4 nitrogen and oxygen atoms in total. The summed E-state index contributed by atoms with van der Waals surface area (Å²) < 4.78 is 11.2. The van der Waals surface area contributed by atoms with Gasteiger partial charge < -0.3 is 9.26 Å². The molecule has 0 fully saturated rings. The van der Waals surface area contributed by atoms with E-state index in [4.69, 9.17) is 9.26 Å². The zero-order chi connectivity index (χ0) is 12.1. The van der Waals surface area contributed by atoms with E-state index >= 15 is 0 Å². The van der Waals surface area contributed by atoms with E-state index < -0.39 is 0 Å². The number of rotatable bonds is 6. The number of hydrogen-bond donors (Lipinski definition) is 0. The second-order valence-corrected chi connectivity index (χ2v) is 6.73. The highest BCUT2D eigenvalue weighted by Crippen LogP contribution is 2.29.